The molecule has 1 aliphatic carbocycles. The second-order valence-electron chi connectivity index (χ2n) is 6.67. The maximum atomic E-state index is 12.6. The zero-order valence-corrected chi connectivity index (χ0v) is 14.0. The molecule has 1 atom stereocenters. The summed E-state index contributed by atoms with van der Waals surface area (Å²) in [7, 11) is -3.17. The Kier molecular flexibility index (Phi) is 6.65. The van der Waals surface area contributed by atoms with Crippen LogP contribution in [0.25, 0.3) is 0 Å². The average molecular weight is 332 g/mol. The minimum atomic E-state index is -3.17. The van der Waals surface area contributed by atoms with Gasteiger partial charge in [-0.1, -0.05) is 19.3 Å². The van der Waals surface area contributed by atoms with Crippen molar-refractivity contribution in [2.45, 2.75) is 44.9 Å². The lowest BCUT2D eigenvalue weighted by Crippen LogP contribution is -2.45. The van der Waals surface area contributed by atoms with Crippen molar-refractivity contribution in [3.05, 3.63) is 0 Å². The molecule has 2 N–H and O–H groups in total. The Hall–Kier alpha value is -0.660. The lowest BCUT2D eigenvalue weighted by molar-refractivity contribution is -0.136. The van der Waals surface area contributed by atoms with Gasteiger partial charge in [-0.05, 0) is 44.1 Å². The third-order valence-corrected chi connectivity index (χ3v) is 6.77. The minimum Gasteiger partial charge on any atom is -0.480 e. The zero-order chi connectivity index (χ0) is 16.0. The highest BCUT2D eigenvalue weighted by Gasteiger charge is 2.31. The Bertz CT molecular complexity index is 460. The second kappa shape index (κ2) is 8.26. The van der Waals surface area contributed by atoms with E-state index in [4.69, 9.17) is 5.11 Å². The summed E-state index contributed by atoms with van der Waals surface area (Å²) in [6.07, 6.45) is 7.44. The Morgan fingerprint density at radius 3 is 2.45 bits per heavy atom. The molecule has 0 spiro atoms. The van der Waals surface area contributed by atoms with E-state index in [1.54, 1.807) is 4.31 Å². The lowest BCUT2D eigenvalue weighted by Gasteiger charge is -2.33. The molecule has 1 saturated carbocycles. The Morgan fingerprint density at radius 2 is 1.77 bits per heavy atom. The first-order chi connectivity index (χ1) is 10.5. The molecule has 0 amide bonds. The second-order valence-corrected chi connectivity index (χ2v) is 8.69. The van der Waals surface area contributed by atoms with Crippen molar-refractivity contribution in [3.8, 4) is 0 Å². The van der Waals surface area contributed by atoms with Crippen molar-refractivity contribution in [1.82, 2.24) is 9.62 Å². The number of hydrogen-bond acceptors (Lipinski definition) is 4. The van der Waals surface area contributed by atoms with Gasteiger partial charge in [-0.3, -0.25) is 4.79 Å². The molecule has 22 heavy (non-hydrogen) atoms. The molecule has 0 aromatic rings. The predicted molar refractivity (Wildman–Crippen MR) is 85.2 cm³/mol. The van der Waals surface area contributed by atoms with Gasteiger partial charge in [-0.15, -0.1) is 0 Å². The molecule has 1 heterocycles. The fourth-order valence-electron chi connectivity index (χ4n) is 3.59. The molecule has 2 aliphatic rings. The van der Waals surface area contributed by atoms with E-state index in [0.717, 1.165) is 38.5 Å². The summed E-state index contributed by atoms with van der Waals surface area (Å²) >= 11 is 0. The van der Waals surface area contributed by atoms with Crippen LogP contribution in [0.3, 0.4) is 0 Å². The number of rotatable bonds is 7. The Balaban J connectivity index is 1.82. The first kappa shape index (κ1) is 17.7. The van der Waals surface area contributed by atoms with Crippen LogP contribution in [0.5, 0.6) is 0 Å². The molecule has 1 aliphatic heterocycles. The summed E-state index contributed by atoms with van der Waals surface area (Å²) in [5.74, 6) is -0.0430. The van der Waals surface area contributed by atoms with E-state index >= 15 is 0 Å². The SMILES string of the molecule is O=C(O)CNCC1CCCN(S(=O)(=O)CC2CCCCC2)C1. The largest absolute Gasteiger partial charge is 0.480 e. The van der Waals surface area contributed by atoms with E-state index in [0.29, 0.717) is 31.3 Å². The molecule has 2 fully saturated rings. The summed E-state index contributed by atoms with van der Waals surface area (Å²) < 4.78 is 26.8. The quantitative estimate of drug-likeness (QED) is 0.733. The van der Waals surface area contributed by atoms with Crippen molar-refractivity contribution in [1.29, 1.82) is 0 Å². The lowest BCUT2D eigenvalue weighted by atomic mass is 9.91. The van der Waals surface area contributed by atoms with Crippen LogP contribution in [-0.4, -0.2) is 55.7 Å². The van der Waals surface area contributed by atoms with E-state index in [1.807, 2.05) is 0 Å². The fraction of sp³-hybridized carbons (Fsp3) is 0.933. The number of nitrogens with one attached hydrogen (secondary N) is 1. The number of hydrogen-bond donors (Lipinski definition) is 2. The van der Waals surface area contributed by atoms with Crippen molar-refractivity contribution in [2.75, 3.05) is 31.9 Å². The minimum absolute atomic E-state index is 0.0642. The van der Waals surface area contributed by atoms with E-state index in [-0.39, 0.29) is 12.5 Å². The summed E-state index contributed by atoms with van der Waals surface area (Å²) in [4.78, 5) is 10.5. The highest BCUT2D eigenvalue weighted by atomic mass is 32.2. The van der Waals surface area contributed by atoms with E-state index in [2.05, 4.69) is 5.32 Å². The normalized spacial score (nSPS) is 25.2. The Labute approximate surface area is 133 Å². The standard InChI is InChI=1S/C15H28N2O4S/c18-15(19)10-16-9-14-7-4-8-17(11-14)22(20,21)12-13-5-2-1-3-6-13/h13-14,16H,1-12H2,(H,18,19). The summed E-state index contributed by atoms with van der Waals surface area (Å²) in [5, 5.41) is 11.5. The van der Waals surface area contributed by atoms with Crippen LogP contribution in [-0.2, 0) is 14.8 Å². The van der Waals surface area contributed by atoms with Gasteiger partial charge in [0.1, 0.15) is 0 Å². The van der Waals surface area contributed by atoms with Crippen molar-refractivity contribution in [2.24, 2.45) is 11.8 Å². The molecule has 2 rings (SSSR count). The smallest absolute Gasteiger partial charge is 0.317 e. The van der Waals surface area contributed by atoms with Crippen LogP contribution < -0.4 is 5.32 Å². The monoisotopic (exact) mass is 332 g/mol. The van der Waals surface area contributed by atoms with Gasteiger partial charge in [0.05, 0.1) is 12.3 Å². The van der Waals surface area contributed by atoms with Crippen molar-refractivity contribution >= 4 is 16.0 Å². The van der Waals surface area contributed by atoms with Gasteiger partial charge in [-0.2, -0.15) is 0 Å². The third-order valence-electron chi connectivity index (χ3n) is 4.76. The molecule has 6 nitrogen and oxygen atoms in total. The maximum Gasteiger partial charge on any atom is 0.317 e. The third kappa shape index (κ3) is 5.52. The summed E-state index contributed by atoms with van der Waals surface area (Å²) in [6.45, 7) is 1.65. The number of carboxylic acid groups (broad SMARTS) is 1. The first-order valence-electron chi connectivity index (χ1n) is 8.37. The van der Waals surface area contributed by atoms with Gasteiger partial charge in [0.2, 0.25) is 10.0 Å². The number of sulfonamides is 1. The molecule has 0 aromatic carbocycles. The average Bonchev–Trinajstić information content (AvgIpc) is 2.48. The van der Waals surface area contributed by atoms with E-state index in [9.17, 15) is 13.2 Å². The van der Waals surface area contributed by atoms with Gasteiger partial charge < -0.3 is 10.4 Å². The highest BCUT2D eigenvalue weighted by molar-refractivity contribution is 7.89. The van der Waals surface area contributed by atoms with Gasteiger partial charge in [0.25, 0.3) is 0 Å². The van der Waals surface area contributed by atoms with Gasteiger partial charge in [0.15, 0.2) is 0 Å². The van der Waals surface area contributed by atoms with E-state index in [1.165, 1.54) is 6.42 Å². The van der Waals surface area contributed by atoms with Crippen LogP contribution in [0.15, 0.2) is 0 Å². The topological polar surface area (TPSA) is 86.7 Å². The number of carboxylic acids is 1. The van der Waals surface area contributed by atoms with Crippen LogP contribution in [0, 0.1) is 11.8 Å². The number of nitrogens with zero attached hydrogens (tertiary/aromatic N) is 1. The van der Waals surface area contributed by atoms with Crippen LogP contribution in [0.4, 0.5) is 0 Å². The van der Waals surface area contributed by atoms with Crippen LogP contribution >= 0.6 is 0 Å². The summed E-state index contributed by atoms with van der Waals surface area (Å²) in [6, 6.07) is 0. The maximum absolute atomic E-state index is 12.6. The van der Waals surface area contributed by atoms with Gasteiger partial charge in [0, 0.05) is 13.1 Å². The van der Waals surface area contributed by atoms with Crippen molar-refractivity contribution in [3.63, 3.8) is 0 Å². The molecular formula is C15H28N2O4S. The van der Waals surface area contributed by atoms with Gasteiger partial charge in [-0.25, -0.2) is 12.7 Å². The molecule has 0 bridgehead atoms. The van der Waals surface area contributed by atoms with Gasteiger partial charge >= 0.3 is 5.97 Å². The fourth-order valence-corrected chi connectivity index (χ4v) is 5.57. The Morgan fingerprint density at radius 1 is 1.09 bits per heavy atom. The predicted octanol–water partition coefficient (Wildman–Crippen LogP) is 1.28. The molecule has 0 aromatic heterocycles. The first-order valence-corrected chi connectivity index (χ1v) is 9.98. The van der Waals surface area contributed by atoms with Crippen LogP contribution in [0.2, 0.25) is 0 Å². The summed E-state index contributed by atoms with van der Waals surface area (Å²) in [5.41, 5.74) is 0. The highest BCUT2D eigenvalue weighted by Crippen LogP contribution is 2.27. The molecule has 128 valence electrons. The molecule has 1 unspecified atom stereocenters. The molecule has 0 radical (unpaired) electrons. The number of aliphatic carboxylic acids is 1. The molecular weight excluding hydrogens is 304 g/mol. The van der Waals surface area contributed by atoms with E-state index < -0.39 is 16.0 Å². The van der Waals surface area contributed by atoms with Crippen molar-refractivity contribution < 1.29 is 18.3 Å². The number of carbonyl (C=O) groups is 1. The molecule has 1 saturated heterocycles. The number of piperidine rings is 1. The zero-order valence-electron chi connectivity index (χ0n) is 13.2. The van der Waals surface area contributed by atoms with Crippen LogP contribution in [0.1, 0.15) is 44.9 Å². The molecule has 7 heteroatoms.